The maximum Gasteiger partial charge on any atom is 0.293 e. The number of nitrogens with one attached hydrogen (secondary N) is 1. The molecule has 0 saturated carbocycles. The van der Waals surface area contributed by atoms with Crippen molar-refractivity contribution in [3.8, 4) is 11.4 Å². The number of hydrogen-bond acceptors (Lipinski definition) is 5. The predicted octanol–water partition coefficient (Wildman–Crippen LogP) is 3.81. The third-order valence-corrected chi connectivity index (χ3v) is 3.63. The lowest BCUT2D eigenvalue weighted by Crippen LogP contribution is -2.10. The van der Waals surface area contributed by atoms with Gasteiger partial charge in [-0.3, -0.25) is 15.1 Å². The van der Waals surface area contributed by atoms with Gasteiger partial charge in [0, 0.05) is 11.6 Å². The summed E-state index contributed by atoms with van der Waals surface area (Å²) in [6, 6.07) is 8.85. The summed E-state index contributed by atoms with van der Waals surface area (Å²) in [4.78, 5) is 20.4. The highest BCUT2D eigenvalue weighted by atomic mass is 79.9. The molecule has 1 N–H and O–H groups in total. The van der Waals surface area contributed by atoms with Crippen LogP contribution >= 0.6 is 27.3 Å². The van der Waals surface area contributed by atoms with Gasteiger partial charge in [-0.1, -0.05) is 6.07 Å². The lowest BCUT2D eigenvalue weighted by Gasteiger charge is -1.97. The number of nitrogens with zero attached hydrogens (tertiary/aromatic N) is 2. The zero-order valence-corrected chi connectivity index (χ0v) is 12.4. The average molecular weight is 350 g/mol. The lowest BCUT2D eigenvalue weighted by atomic mass is 10.3. The second kappa shape index (κ2) is 5.56. The highest BCUT2D eigenvalue weighted by molar-refractivity contribution is 9.10. The van der Waals surface area contributed by atoms with E-state index in [0.29, 0.717) is 9.80 Å². The van der Waals surface area contributed by atoms with Crippen LogP contribution in [-0.2, 0) is 0 Å². The number of carbonyl (C=O) groups excluding carboxylic acids is 1. The fraction of sp³-hybridized carbons (Fsp3) is 0. The first-order valence-corrected chi connectivity index (χ1v) is 7.33. The number of aromatic nitrogens is 2. The Kier molecular flexibility index (Phi) is 3.62. The molecule has 0 bridgehead atoms. The molecule has 3 heterocycles. The van der Waals surface area contributed by atoms with E-state index in [1.54, 1.807) is 18.3 Å². The fourth-order valence-electron chi connectivity index (χ4n) is 1.56. The second-order valence-electron chi connectivity index (χ2n) is 3.81. The van der Waals surface area contributed by atoms with Gasteiger partial charge < -0.3 is 4.42 Å². The van der Waals surface area contributed by atoms with Gasteiger partial charge in [0.1, 0.15) is 5.69 Å². The van der Waals surface area contributed by atoms with Crippen molar-refractivity contribution in [3.63, 3.8) is 0 Å². The zero-order chi connectivity index (χ0) is 13.9. The molecule has 1 amide bonds. The van der Waals surface area contributed by atoms with Gasteiger partial charge in [0.05, 0.1) is 5.69 Å². The summed E-state index contributed by atoms with van der Waals surface area (Å²) in [7, 11) is 0. The van der Waals surface area contributed by atoms with Gasteiger partial charge in [0.2, 0.25) is 0 Å². The fourth-order valence-corrected chi connectivity index (χ4v) is 2.56. The van der Waals surface area contributed by atoms with Crippen LogP contribution in [0.25, 0.3) is 11.4 Å². The molecule has 20 heavy (non-hydrogen) atoms. The second-order valence-corrected chi connectivity index (χ2v) is 5.45. The summed E-state index contributed by atoms with van der Waals surface area (Å²) in [5.41, 5.74) is 1.50. The molecule has 0 spiro atoms. The molecular formula is C13H8BrN3O2S. The van der Waals surface area contributed by atoms with Gasteiger partial charge in [-0.25, -0.2) is 4.98 Å². The van der Waals surface area contributed by atoms with Crippen LogP contribution in [-0.4, -0.2) is 15.9 Å². The van der Waals surface area contributed by atoms with E-state index in [1.165, 1.54) is 11.3 Å². The molecule has 3 aromatic rings. The van der Waals surface area contributed by atoms with E-state index < -0.39 is 0 Å². The molecule has 0 radical (unpaired) electrons. The molecule has 0 atom stereocenters. The minimum Gasteiger partial charge on any atom is -0.444 e. The Morgan fingerprint density at radius 2 is 2.15 bits per heavy atom. The highest BCUT2D eigenvalue weighted by Crippen LogP contribution is 2.24. The molecule has 0 unspecified atom stereocenters. The lowest BCUT2D eigenvalue weighted by molar-refractivity contribution is 0.0995. The Balaban J connectivity index is 1.76. The number of anilines is 1. The van der Waals surface area contributed by atoms with Crippen LogP contribution in [0.1, 0.15) is 10.6 Å². The maximum absolute atomic E-state index is 11.9. The van der Waals surface area contributed by atoms with E-state index in [-0.39, 0.29) is 11.7 Å². The summed E-state index contributed by atoms with van der Waals surface area (Å²) in [5, 5.41) is 5.03. The van der Waals surface area contributed by atoms with E-state index in [9.17, 15) is 4.79 Å². The Morgan fingerprint density at radius 3 is 2.85 bits per heavy atom. The zero-order valence-electron chi connectivity index (χ0n) is 10.0. The van der Waals surface area contributed by atoms with Gasteiger partial charge in [-0.15, -0.1) is 11.3 Å². The van der Waals surface area contributed by atoms with Crippen molar-refractivity contribution in [1.29, 1.82) is 0 Å². The van der Waals surface area contributed by atoms with Crippen molar-refractivity contribution in [2.24, 2.45) is 0 Å². The van der Waals surface area contributed by atoms with Gasteiger partial charge in [0.25, 0.3) is 5.91 Å². The molecule has 0 aromatic carbocycles. The topological polar surface area (TPSA) is 68.0 Å². The van der Waals surface area contributed by atoms with Crippen molar-refractivity contribution in [1.82, 2.24) is 9.97 Å². The Morgan fingerprint density at radius 1 is 1.25 bits per heavy atom. The van der Waals surface area contributed by atoms with Crippen molar-refractivity contribution < 1.29 is 9.21 Å². The molecule has 0 aliphatic carbocycles. The number of amides is 1. The number of carbonyl (C=O) groups is 1. The number of thiazole rings is 1. The first kappa shape index (κ1) is 13.0. The number of halogens is 1. The molecule has 100 valence electrons. The van der Waals surface area contributed by atoms with Crippen LogP contribution in [0.2, 0.25) is 0 Å². The number of pyridine rings is 1. The minimum atomic E-state index is -0.336. The van der Waals surface area contributed by atoms with Gasteiger partial charge >= 0.3 is 0 Å². The summed E-state index contributed by atoms with van der Waals surface area (Å²) in [6.45, 7) is 0. The van der Waals surface area contributed by atoms with Crippen LogP contribution in [0.3, 0.4) is 0 Å². The molecule has 3 rings (SSSR count). The number of rotatable bonds is 3. The van der Waals surface area contributed by atoms with Crippen LogP contribution in [0.4, 0.5) is 5.13 Å². The molecule has 0 aliphatic rings. The Labute approximate surface area is 126 Å². The third kappa shape index (κ3) is 2.78. The Bertz CT molecular complexity index is 739. The highest BCUT2D eigenvalue weighted by Gasteiger charge is 2.13. The molecule has 0 saturated heterocycles. The van der Waals surface area contributed by atoms with E-state index >= 15 is 0 Å². The van der Waals surface area contributed by atoms with E-state index in [4.69, 9.17) is 4.42 Å². The van der Waals surface area contributed by atoms with Gasteiger partial charge in [-0.2, -0.15) is 0 Å². The summed E-state index contributed by atoms with van der Waals surface area (Å²) < 4.78 is 5.69. The molecule has 0 aliphatic heterocycles. The van der Waals surface area contributed by atoms with E-state index in [0.717, 1.165) is 11.4 Å². The molecule has 0 fully saturated rings. The summed E-state index contributed by atoms with van der Waals surface area (Å²) in [6.07, 6.45) is 1.70. The average Bonchev–Trinajstić information content (AvgIpc) is 3.09. The van der Waals surface area contributed by atoms with Crippen molar-refractivity contribution in [2.45, 2.75) is 0 Å². The van der Waals surface area contributed by atoms with Crippen LogP contribution in [0, 0.1) is 0 Å². The SMILES string of the molecule is O=C(Nc1nc(-c2ccccn2)cs1)c1ccc(Br)o1. The van der Waals surface area contributed by atoms with Crippen LogP contribution in [0.5, 0.6) is 0 Å². The van der Waals surface area contributed by atoms with Crippen molar-refractivity contribution in [3.05, 3.63) is 52.3 Å². The predicted molar refractivity (Wildman–Crippen MR) is 79.7 cm³/mol. The number of furan rings is 1. The number of hydrogen-bond donors (Lipinski definition) is 1. The third-order valence-electron chi connectivity index (χ3n) is 2.45. The molecule has 5 nitrogen and oxygen atoms in total. The first-order valence-electron chi connectivity index (χ1n) is 5.66. The van der Waals surface area contributed by atoms with E-state index in [2.05, 4.69) is 31.2 Å². The maximum atomic E-state index is 11.9. The smallest absolute Gasteiger partial charge is 0.293 e. The van der Waals surface area contributed by atoms with Crippen molar-refractivity contribution >= 4 is 38.3 Å². The van der Waals surface area contributed by atoms with Gasteiger partial charge in [0.15, 0.2) is 15.6 Å². The van der Waals surface area contributed by atoms with Gasteiger partial charge in [-0.05, 0) is 40.2 Å². The minimum absolute atomic E-state index is 0.228. The molecule has 7 heteroatoms. The van der Waals surface area contributed by atoms with Crippen LogP contribution < -0.4 is 5.32 Å². The summed E-state index contributed by atoms with van der Waals surface area (Å²) in [5.74, 6) is -0.107. The van der Waals surface area contributed by atoms with E-state index in [1.807, 2.05) is 23.6 Å². The normalized spacial score (nSPS) is 10.4. The standard InChI is InChI=1S/C13H8BrN3O2S/c14-11-5-4-10(19-11)12(18)17-13-16-9(7-20-13)8-3-1-2-6-15-8/h1-7H,(H,16,17,18). The van der Waals surface area contributed by atoms with Crippen LogP contribution in [0.15, 0.2) is 51.0 Å². The first-order chi connectivity index (χ1) is 9.72. The summed E-state index contributed by atoms with van der Waals surface area (Å²) >= 11 is 4.49. The quantitative estimate of drug-likeness (QED) is 0.780. The largest absolute Gasteiger partial charge is 0.444 e. The Hall–Kier alpha value is -1.99. The van der Waals surface area contributed by atoms with Crippen molar-refractivity contribution in [2.75, 3.05) is 5.32 Å². The molecular weight excluding hydrogens is 342 g/mol. The monoisotopic (exact) mass is 349 g/mol. The molecule has 3 aromatic heterocycles.